The van der Waals surface area contributed by atoms with E-state index in [1.807, 2.05) is 0 Å². The summed E-state index contributed by atoms with van der Waals surface area (Å²) in [5.74, 6) is -0.642. The molecule has 3 rings (SSSR count). The van der Waals surface area contributed by atoms with Crippen LogP contribution in [0.3, 0.4) is 0 Å². The predicted octanol–water partition coefficient (Wildman–Crippen LogP) is 4.05. The van der Waals surface area contributed by atoms with Gasteiger partial charge in [-0.1, -0.05) is 11.6 Å². The summed E-state index contributed by atoms with van der Waals surface area (Å²) in [6, 6.07) is 3.92. The standard InChI is InChI=1S/C17H15ClF3N3O3S/c18-10-3-4-13(27-9-17(19,20)21)12(6-10)23-14(25)7-11-8-28-16(22-11)24-5-1-2-15(24)26/h3-4,6,8H,1-2,5,7,9H2,(H,23,25). The van der Waals surface area contributed by atoms with Crippen LogP contribution in [-0.4, -0.2) is 36.1 Å². The number of carbonyl (C=O) groups is 2. The lowest BCUT2D eigenvalue weighted by Crippen LogP contribution is -2.23. The van der Waals surface area contributed by atoms with Crippen LogP contribution in [0, 0.1) is 0 Å². The molecule has 0 unspecified atom stereocenters. The number of aromatic nitrogens is 1. The minimum absolute atomic E-state index is 0.00395. The SMILES string of the molecule is O=C(Cc1csc(N2CCCC2=O)n1)Nc1cc(Cl)ccc1OCC(F)(F)F. The van der Waals surface area contributed by atoms with Crippen molar-refractivity contribution < 1.29 is 27.5 Å². The van der Waals surface area contributed by atoms with Crippen LogP contribution in [0.1, 0.15) is 18.5 Å². The zero-order chi connectivity index (χ0) is 20.3. The molecule has 1 fully saturated rings. The van der Waals surface area contributed by atoms with Crippen LogP contribution in [-0.2, 0) is 16.0 Å². The van der Waals surface area contributed by atoms with Gasteiger partial charge in [-0.15, -0.1) is 11.3 Å². The molecule has 2 heterocycles. The lowest BCUT2D eigenvalue weighted by molar-refractivity contribution is -0.153. The topological polar surface area (TPSA) is 71.5 Å². The molecular formula is C17H15ClF3N3O3S. The van der Waals surface area contributed by atoms with Gasteiger partial charge in [0, 0.05) is 23.4 Å². The Bertz CT molecular complexity index is 888. The summed E-state index contributed by atoms with van der Waals surface area (Å²) in [6.45, 7) is -0.892. The molecule has 6 nitrogen and oxygen atoms in total. The van der Waals surface area contributed by atoms with E-state index in [1.165, 1.54) is 29.5 Å². The maximum Gasteiger partial charge on any atom is 0.422 e. The largest absolute Gasteiger partial charge is 0.482 e. The van der Waals surface area contributed by atoms with E-state index < -0.39 is 18.7 Å². The number of hydrogen-bond acceptors (Lipinski definition) is 5. The highest BCUT2D eigenvalue weighted by atomic mass is 35.5. The Labute approximate surface area is 167 Å². The molecule has 28 heavy (non-hydrogen) atoms. The fourth-order valence-corrected chi connectivity index (χ4v) is 3.64. The molecule has 2 amide bonds. The van der Waals surface area contributed by atoms with E-state index >= 15 is 0 Å². The average molecular weight is 434 g/mol. The van der Waals surface area contributed by atoms with Crippen molar-refractivity contribution in [3.05, 3.63) is 34.3 Å². The number of benzene rings is 1. The van der Waals surface area contributed by atoms with Crippen LogP contribution in [0.2, 0.25) is 5.02 Å². The smallest absolute Gasteiger partial charge is 0.422 e. The maximum atomic E-state index is 12.4. The Kier molecular flexibility index (Phi) is 6.09. The number of hydrogen-bond donors (Lipinski definition) is 1. The summed E-state index contributed by atoms with van der Waals surface area (Å²) >= 11 is 7.12. The molecule has 2 aromatic rings. The van der Waals surface area contributed by atoms with Gasteiger partial charge in [-0.05, 0) is 24.6 Å². The molecule has 0 bridgehead atoms. The predicted molar refractivity (Wildman–Crippen MR) is 99.0 cm³/mol. The number of carbonyl (C=O) groups excluding carboxylic acids is 2. The number of rotatable bonds is 6. The quantitative estimate of drug-likeness (QED) is 0.746. The molecule has 11 heteroatoms. The molecule has 0 aliphatic carbocycles. The first-order valence-corrected chi connectivity index (χ1v) is 9.51. The van der Waals surface area contributed by atoms with Crippen LogP contribution in [0.25, 0.3) is 0 Å². The summed E-state index contributed by atoms with van der Waals surface area (Å²) in [5, 5.41) is 4.92. The fourth-order valence-electron chi connectivity index (χ4n) is 2.60. The molecule has 0 saturated carbocycles. The van der Waals surface area contributed by atoms with Crippen LogP contribution in [0.5, 0.6) is 5.75 Å². The summed E-state index contributed by atoms with van der Waals surface area (Å²) < 4.78 is 41.9. The van der Waals surface area contributed by atoms with Gasteiger partial charge < -0.3 is 10.1 Å². The minimum atomic E-state index is -4.51. The first kappa shape index (κ1) is 20.4. The average Bonchev–Trinajstić information content (AvgIpc) is 3.21. The van der Waals surface area contributed by atoms with Crippen LogP contribution >= 0.6 is 22.9 Å². The Morgan fingerprint density at radius 3 is 2.86 bits per heavy atom. The monoisotopic (exact) mass is 433 g/mol. The number of alkyl halides is 3. The van der Waals surface area contributed by atoms with Gasteiger partial charge in [0.15, 0.2) is 11.7 Å². The number of nitrogens with zero attached hydrogens (tertiary/aromatic N) is 2. The highest BCUT2D eigenvalue weighted by Gasteiger charge is 2.29. The van der Waals surface area contributed by atoms with Crippen molar-refractivity contribution in [3.8, 4) is 5.75 Å². The highest BCUT2D eigenvalue weighted by molar-refractivity contribution is 7.14. The Morgan fingerprint density at radius 1 is 1.39 bits per heavy atom. The molecule has 1 aromatic heterocycles. The fraction of sp³-hybridized carbons (Fsp3) is 0.353. The Morgan fingerprint density at radius 2 is 2.18 bits per heavy atom. The van der Waals surface area contributed by atoms with Gasteiger partial charge in [-0.3, -0.25) is 14.5 Å². The van der Waals surface area contributed by atoms with E-state index in [2.05, 4.69) is 10.3 Å². The Hall–Kier alpha value is -2.33. The lowest BCUT2D eigenvalue weighted by Gasteiger charge is -2.14. The van der Waals surface area contributed by atoms with Gasteiger partial charge in [0.25, 0.3) is 0 Å². The van der Waals surface area contributed by atoms with Gasteiger partial charge in [0.1, 0.15) is 5.75 Å². The number of anilines is 2. The van der Waals surface area contributed by atoms with Gasteiger partial charge in [0.05, 0.1) is 17.8 Å². The first-order valence-electron chi connectivity index (χ1n) is 8.25. The number of halogens is 4. The van der Waals surface area contributed by atoms with Gasteiger partial charge in [0.2, 0.25) is 11.8 Å². The number of amides is 2. The van der Waals surface area contributed by atoms with Gasteiger partial charge in [-0.2, -0.15) is 13.2 Å². The summed E-state index contributed by atoms with van der Waals surface area (Å²) in [6.07, 6.45) is -3.37. The van der Waals surface area contributed by atoms with Gasteiger partial charge >= 0.3 is 6.18 Å². The number of thiazole rings is 1. The third-order valence-electron chi connectivity index (χ3n) is 3.79. The van der Waals surface area contributed by atoms with Crippen molar-refractivity contribution in [1.29, 1.82) is 0 Å². The van der Waals surface area contributed by atoms with E-state index in [0.717, 1.165) is 6.42 Å². The van der Waals surface area contributed by atoms with Gasteiger partial charge in [-0.25, -0.2) is 4.98 Å². The van der Waals surface area contributed by atoms with E-state index in [9.17, 15) is 22.8 Å². The minimum Gasteiger partial charge on any atom is -0.482 e. The van der Waals surface area contributed by atoms with E-state index in [-0.39, 0.29) is 28.8 Å². The summed E-state index contributed by atoms with van der Waals surface area (Å²) in [7, 11) is 0. The molecule has 1 aromatic carbocycles. The van der Waals surface area contributed by atoms with Crippen molar-refractivity contribution in [1.82, 2.24) is 4.98 Å². The van der Waals surface area contributed by atoms with E-state index in [4.69, 9.17) is 16.3 Å². The van der Waals surface area contributed by atoms with Crippen LogP contribution < -0.4 is 15.0 Å². The van der Waals surface area contributed by atoms with Crippen molar-refractivity contribution in [2.75, 3.05) is 23.4 Å². The Balaban J connectivity index is 1.65. The maximum absolute atomic E-state index is 12.4. The molecule has 1 aliphatic heterocycles. The molecular weight excluding hydrogens is 419 g/mol. The zero-order valence-electron chi connectivity index (χ0n) is 14.4. The normalized spacial score (nSPS) is 14.4. The molecule has 150 valence electrons. The summed E-state index contributed by atoms with van der Waals surface area (Å²) in [4.78, 5) is 29.9. The van der Waals surface area contributed by atoms with Crippen molar-refractivity contribution in [2.24, 2.45) is 0 Å². The second-order valence-corrected chi connectivity index (χ2v) is 7.31. The third-order valence-corrected chi connectivity index (χ3v) is 4.94. The first-order chi connectivity index (χ1) is 13.2. The van der Waals surface area contributed by atoms with Crippen LogP contribution in [0.15, 0.2) is 23.6 Å². The highest BCUT2D eigenvalue weighted by Crippen LogP contribution is 2.30. The second kappa shape index (κ2) is 8.36. The lowest BCUT2D eigenvalue weighted by atomic mass is 10.2. The number of nitrogens with one attached hydrogen (secondary N) is 1. The van der Waals surface area contributed by atoms with Crippen molar-refractivity contribution in [3.63, 3.8) is 0 Å². The molecule has 1 saturated heterocycles. The molecule has 0 radical (unpaired) electrons. The molecule has 1 aliphatic rings. The molecule has 1 N–H and O–H groups in total. The second-order valence-electron chi connectivity index (χ2n) is 6.04. The zero-order valence-corrected chi connectivity index (χ0v) is 16.0. The van der Waals surface area contributed by atoms with E-state index in [0.29, 0.717) is 23.8 Å². The van der Waals surface area contributed by atoms with Crippen LogP contribution in [0.4, 0.5) is 24.0 Å². The third kappa shape index (κ3) is 5.35. The van der Waals surface area contributed by atoms with E-state index in [1.54, 1.807) is 10.3 Å². The molecule has 0 atom stereocenters. The van der Waals surface area contributed by atoms with Crippen molar-refractivity contribution >= 4 is 45.6 Å². The number of ether oxygens (including phenoxy) is 1. The summed E-state index contributed by atoms with van der Waals surface area (Å²) in [5.41, 5.74) is 0.490. The van der Waals surface area contributed by atoms with Crippen molar-refractivity contribution in [2.45, 2.75) is 25.4 Å². The molecule has 0 spiro atoms.